The van der Waals surface area contributed by atoms with Gasteiger partial charge in [-0.1, -0.05) is 18.2 Å². The third-order valence-electron chi connectivity index (χ3n) is 3.60. The van der Waals surface area contributed by atoms with Gasteiger partial charge >= 0.3 is 0 Å². The second-order valence-corrected chi connectivity index (χ2v) is 4.83. The fourth-order valence-electron chi connectivity index (χ4n) is 2.52. The number of ether oxygens (including phenoxy) is 1. The van der Waals surface area contributed by atoms with E-state index < -0.39 is 0 Å². The molecule has 2 aromatic rings. The number of rotatable bonds is 3. The molecule has 1 aromatic carbocycles. The predicted molar refractivity (Wildman–Crippen MR) is 71.2 cm³/mol. The van der Waals surface area contributed by atoms with E-state index in [1.165, 1.54) is 0 Å². The normalized spacial score (nSPS) is 17.6. The van der Waals surface area contributed by atoms with Gasteiger partial charge in [0.15, 0.2) is 0 Å². The van der Waals surface area contributed by atoms with E-state index >= 15 is 0 Å². The first-order valence-electron chi connectivity index (χ1n) is 6.46. The summed E-state index contributed by atoms with van der Waals surface area (Å²) in [4.78, 5) is 16.7. The first kappa shape index (κ1) is 12.0. The molecular weight excluding hydrogens is 240 g/mol. The fourth-order valence-corrected chi connectivity index (χ4v) is 2.52. The Hall–Kier alpha value is -2.10. The number of aromatic nitrogens is 2. The van der Waals surface area contributed by atoms with Crippen molar-refractivity contribution in [1.82, 2.24) is 9.55 Å². The quantitative estimate of drug-likeness (QED) is 0.844. The van der Waals surface area contributed by atoms with Crippen LogP contribution in [0.2, 0.25) is 0 Å². The molecule has 1 aliphatic rings. The van der Waals surface area contributed by atoms with Gasteiger partial charge in [0, 0.05) is 25.0 Å². The van der Waals surface area contributed by atoms with Crippen LogP contribution < -0.4 is 4.74 Å². The minimum absolute atomic E-state index is 0.0679. The number of nitrogens with zero attached hydrogens (tertiary/aromatic N) is 2. The van der Waals surface area contributed by atoms with Gasteiger partial charge in [0.25, 0.3) is 0 Å². The summed E-state index contributed by atoms with van der Waals surface area (Å²) < 4.78 is 7.48. The molecule has 0 radical (unpaired) electrons. The smallest absolute Gasteiger partial charge is 0.148 e. The zero-order chi connectivity index (χ0) is 13.2. The van der Waals surface area contributed by atoms with Crippen molar-refractivity contribution >= 4 is 5.78 Å². The van der Waals surface area contributed by atoms with Gasteiger partial charge in [-0.3, -0.25) is 4.79 Å². The van der Waals surface area contributed by atoms with Gasteiger partial charge in [-0.2, -0.15) is 0 Å². The average Bonchev–Trinajstić information content (AvgIpc) is 2.83. The lowest BCUT2D eigenvalue weighted by Crippen LogP contribution is -2.23. The lowest BCUT2D eigenvalue weighted by molar-refractivity contribution is -0.120. The molecule has 1 aliphatic heterocycles. The zero-order valence-electron chi connectivity index (χ0n) is 10.9. The highest BCUT2D eigenvalue weighted by atomic mass is 16.5. The number of aryl methyl sites for hydroxylation is 1. The summed E-state index contributed by atoms with van der Waals surface area (Å²) in [5, 5.41) is 0. The van der Waals surface area contributed by atoms with Crippen molar-refractivity contribution in [2.24, 2.45) is 7.05 Å². The number of ketones is 1. The number of hydrogen-bond acceptors (Lipinski definition) is 3. The van der Waals surface area contributed by atoms with Gasteiger partial charge in [-0.25, -0.2) is 4.98 Å². The highest BCUT2D eigenvalue weighted by Gasteiger charge is 2.27. The minimum atomic E-state index is -0.0679. The number of carbonyl (C=O) groups is 1. The SMILES string of the molecule is Cn1ccnc1CC(=O)C1CCOc2ccccc21. The van der Waals surface area contributed by atoms with Gasteiger partial charge in [0.1, 0.15) is 17.4 Å². The topological polar surface area (TPSA) is 44.1 Å². The fraction of sp³-hybridized carbons (Fsp3) is 0.333. The standard InChI is InChI=1S/C15H16N2O2/c1-17-8-7-16-15(17)10-13(18)11-6-9-19-14-5-3-2-4-12(11)14/h2-5,7-8,11H,6,9-10H2,1H3. The molecule has 1 aromatic heterocycles. The second-order valence-electron chi connectivity index (χ2n) is 4.83. The van der Waals surface area contributed by atoms with Crippen LogP contribution in [0.1, 0.15) is 23.7 Å². The number of Topliss-reactive ketones (excluding diaryl/α,β-unsaturated/α-hetero) is 1. The van der Waals surface area contributed by atoms with Crippen LogP contribution in [0.15, 0.2) is 36.7 Å². The van der Waals surface area contributed by atoms with Crippen molar-refractivity contribution < 1.29 is 9.53 Å². The molecular formula is C15H16N2O2. The number of benzene rings is 1. The summed E-state index contributed by atoms with van der Waals surface area (Å²) in [6.07, 6.45) is 4.71. The van der Waals surface area contributed by atoms with Gasteiger partial charge in [-0.05, 0) is 12.5 Å². The molecule has 1 unspecified atom stereocenters. The molecule has 4 nitrogen and oxygen atoms in total. The molecule has 0 spiro atoms. The average molecular weight is 256 g/mol. The van der Waals surface area contributed by atoms with Crippen LogP contribution in [0, 0.1) is 0 Å². The molecule has 0 fully saturated rings. The number of fused-ring (bicyclic) bond motifs is 1. The molecule has 0 saturated heterocycles. The highest BCUT2D eigenvalue weighted by molar-refractivity contribution is 5.88. The number of hydrogen-bond donors (Lipinski definition) is 0. The van der Waals surface area contributed by atoms with Crippen molar-refractivity contribution in [2.75, 3.05) is 6.61 Å². The first-order valence-corrected chi connectivity index (χ1v) is 6.46. The van der Waals surface area contributed by atoms with Crippen molar-refractivity contribution in [1.29, 1.82) is 0 Å². The molecule has 4 heteroatoms. The molecule has 3 rings (SSSR count). The summed E-state index contributed by atoms with van der Waals surface area (Å²) in [7, 11) is 1.91. The Balaban J connectivity index is 1.84. The van der Waals surface area contributed by atoms with Gasteiger partial charge < -0.3 is 9.30 Å². The Labute approximate surface area is 112 Å². The molecule has 1 atom stereocenters. The van der Waals surface area contributed by atoms with Crippen molar-refractivity contribution in [3.05, 3.63) is 48.0 Å². The third-order valence-corrected chi connectivity index (χ3v) is 3.60. The van der Waals surface area contributed by atoms with Crippen molar-refractivity contribution in [2.45, 2.75) is 18.8 Å². The van der Waals surface area contributed by atoms with Crippen LogP contribution in [0.5, 0.6) is 5.75 Å². The minimum Gasteiger partial charge on any atom is -0.493 e. The Morgan fingerprint density at radius 3 is 3.11 bits per heavy atom. The molecule has 0 aliphatic carbocycles. The lowest BCUT2D eigenvalue weighted by atomic mass is 9.88. The zero-order valence-corrected chi connectivity index (χ0v) is 10.9. The van der Waals surface area contributed by atoms with Gasteiger partial charge in [0.05, 0.1) is 18.9 Å². The van der Waals surface area contributed by atoms with E-state index in [4.69, 9.17) is 4.74 Å². The van der Waals surface area contributed by atoms with Crippen LogP contribution in [0.3, 0.4) is 0 Å². The monoisotopic (exact) mass is 256 g/mol. The molecule has 19 heavy (non-hydrogen) atoms. The molecule has 98 valence electrons. The Morgan fingerprint density at radius 2 is 2.32 bits per heavy atom. The van der Waals surface area contributed by atoms with Crippen LogP contribution >= 0.6 is 0 Å². The van der Waals surface area contributed by atoms with E-state index in [0.29, 0.717) is 13.0 Å². The first-order chi connectivity index (χ1) is 9.25. The van der Waals surface area contributed by atoms with E-state index in [-0.39, 0.29) is 11.7 Å². The molecule has 0 bridgehead atoms. The third kappa shape index (κ3) is 2.26. The number of carbonyl (C=O) groups excluding carboxylic acids is 1. The summed E-state index contributed by atoms with van der Waals surface area (Å²) in [5.74, 6) is 1.80. The maximum Gasteiger partial charge on any atom is 0.148 e. The van der Waals surface area contributed by atoms with Crippen molar-refractivity contribution in [3.8, 4) is 5.75 Å². The van der Waals surface area contributed by atoms with Crippen LogP contribution in [-0.4, -0.2) is 21.9 Å². The van der Waals surface area contributed by atoms with Crippen LogP contribution in [0.25, 0.3) is 0 Å². The summed E-state index contributed by atoms with van der Waals surface area (Å²) in [6, 6.07) is 7.80. The summed E-state index contributed by atoms with van der Waals surface area (Å²) >= 11 is 0. The molecule has 2 heterocycles. The maximum absolute atomic E-state index is 12.5. The molecule has 0 saturated carbocycles. The van der Waals surface area contributed by atoms with Crippen LogP contribution in [0.4, 0.5) is 0 Å². The second kappa shape index (κ2) is 4.88. The highest BCUT2D eigenvalue weighted by Crippen LogP contribution is 2.34. The van der Waals surface area contributed by atoms with E-state index in [1.54, 1.807) is 6.20 Å². The predicted octanol–water partition coefficient (Wildman–Crippen LogP) is 2.10. The van der Waals surface area contributed by atoms with E-state index in [0.717, 1.165) is 23.6 Å². The van der Waals surface area contributed by atoms with E-state index in [1.807, 2.05) is 42.1 Å². The lowest BCUT2D eigenvalue weighted by Gasteiger charge is -2.24. The van der Waals surface area contributed by atoms with Gasteiger partial charge in [0.2, 0.25) is 0 Å². The number of para-hydroxylation sites is 1. The van der Waals surface area contributed by atoms with Gasteiger partial charge in [-0.15, -0.1) is 0 Å². The largest absolute Gasteiger partial charge is 0.493 e. The Bertz CT molecular complexity index is 604. The Morgan fingerprint density at radius 1 is 1.47 bits per heavy atom. The molecule has 0 N–H and O–H groups in total. The van der Waals surface area contributed by atoms with Crippen molar-refractivity contribution in [3.63, 3.8) is 0 Å². The van der Waals surface area contributed by atoms with E-state index in [9.17, 15) is 4.79 Å². The maximum atomic E-state index is 12.5. The Kier molecular flexibility index (Phi) is 3.07. The summed E-state index contributed by atoms with van der Waals surface area (Å²) in [6.45, 7) is 0.605. The number of imidazole rings is 1. The summed E-state index contributed by atoms with van der Waals surface area (Å²) in [5.41, 5.74) is 1.01. The van der Waals surface area contributed by atoms with Crippen LogP contribution in [-0.2, 0) is 18.3 Å². The molecule has 0 amide bonds. The van der Waals surface area contributed by atoms with E-state index in [2.05, 4.69) is 4.98 Å².